The van der Waals surface area contributed by atoms with E-state index in [9.17, 15) is 14.4 Å². The minimum Gasteiger partial charge on any atom is -0.462 e. The molecule has 1 atom stereocenters. The Morgan fingerprint density at radius 2 is 0.487 bits per heavy atom. The summed E-state index contributed by atoms with van der Waals surface area (Å²) < 4.78 is 16.9. The van der Waals surface area contributed by atoms with Crippen molar-refractivity contribution in [2.45, 2.75) is 367 Å². The van der Waals surface area contributed by atoms with Crippen molar-refractivity contribution < 1.29 is 28.6 Å². The van der Waals surface area contributed by atoms with Crippen molar-refractivity contribution in [2.24, 2.45) is 0 Å². The van der Waals surface area contributed by atoms with Gasteiger partial charge in [0.15, 0.2) is 6.10 Å². The lowest BCUT2D eigenvalue weighted by Gasteiger charge is -2.18. The summed E-state index contributed by atoms with van der Waals surface area (Å²) in [5.74, 6) is -0.901. The molecule has 0 N–H and O–H groups in total. The number of unbranched alkanes of at least 4 members (excludes halogenated alkanes) is 41. The number of carbonyl (C=O) groups is 3. The summed E-state index contributed by atoms with van der Waals surface area (Å²) in [6.45, 7) is 6.54. The van der Waals surface area contributed by atoms with E-state index in [0.717, 1.165) is 103 Å². The zero-order chi connectivity index (χ0) is 57.8. The van der Waals surface area contributed by atoms with Crippen molar-refractivity contribution in [1.29, 1.82) is 0 Å². The van der Waals surface area contributed by atoms with Crippen LogP contribution in [0.5, 0.6) is 0 Å². The fourth-order valence-corrected chi connectivity index (χ4v) is 10.2. The highest BCUT2D eigenvalue weighted by Crippen LogP contribution is 2.18. The van der Waals surface area contributed by atoms with Gasteiger partial charge < -0.3 is 14.2 Å². The molecule has 464 valence electrons. The van der Waals surface area contributed by atoms with Gasteiger partial charge in [0.05, 0.1) is 0 Å². The molecule has 0 radical (unpaired) electrons. The molecule has 0 amide bonds. The fourth-order valence-electron chi connectivity index (χ4n) is 10.2. The Morgan fingerprint density at radius 1 is 0.263 bits per heavy atom. The van der Waals surface area contributed by atoms with Crippen LogP contribution in [-0.2, 0) is 28.6 Å². The molecule has 1 unspecified atom stereocenters. The van der Waals surface area contributed by atoms with E-state index >= 15 is 0 Å². The molecule has 6 nitrogen and oxygen atoms in total. The third-order valence-electron chi connectivity index (χ3n) is 15.4. The van der Waals surface area contributed by atoms with Crippen LogP contribution in [0.15, 0.2) is 72.9 Å². The van der Waals surface area contributed by atoms with E-state index in [1.54, 1.807) is 0 Å². The molecule has 0 bridgehead atoms. The number of ether oxygens (including phenoxy) is 3. The molecule has 0 aliphatic heterocycles. The van der Waals surface area contributed by atoms with Gasteiger partial charge in [-0.1, -0.05) is 306 Å². The van der Waals surface area contributed by atoms with Gasteiger partial charge in [0.1, 0.15) is 13.2 Å². The standard InChI is InChI=1S/C74H132O6/c1-4-7-10-13-16-19-22-25-28-30-31-32-33-34-35-36-37-38-39-40-41-42-43-45-46-49-52-55-58-61-64-67-73(76)79-70-71(69-78-72(75)66-63-60-57-54-51-48-27-24-21-18-15-12-9-6-3)80-74(77)68-65-62-59-56-53-50-47-44-29-26-23-20-17-14-11-8-5-2/h8,11,17,20,24,26-27,29-31,47,50,71H,4-7,9-10,12-16,18-19,21-23,25,28,32-46,48-49,51-70H2,1-3H3/b11-8-,20-17-,27-24-,29-26-,31-30-,50-47-. The summed E-state index contributed by atoms with van der Waals surface area (Å²) in [5.41, 5.74) is 0. The molecule has 0 fully saturated rings. The lowest BCUT2D eigenvalue weighted by Crippen LogP contribution is -2.30. The van der Waals surface area contributed by atoms with Crippen molar-refractivity contribution in [3.63, 3.8) is 0 Å². The summed E-state index contributed by atoms with van der Waals surface area (Å²) in [6, 6.07) is 0. The van der Waals surface area contributed by atoms with Gasteiger partial charge >= 0.3 is 17.9 Å². The molecule has 6 heteroatoms. The van der Waals surface area contributed by atoms with Crippen molar-refractivity contribution in [3.05, 3.63) is 72.9 Å². The van der Waals surface area contributed by atoms with Crippen LogP contribution >= 0.6 is 0 Å². The van der Waals surface area contributed by atoms with Crippen LogP contribution in [0.1, 0.15) is 361 Å². The van der Waals surface area contributed by atoms with Gasteiger partial charge in [-0.15, -0.1) is 0 Å². The lowest BCUT2D eigenvalue weighted by atomic mass is 10.0. The number of allylic oxidation sites excluding steroid dienone is 12. The van der Waals surface area contributed by atoms with E-state index < -0.39 is 6.10 Å². The van der Waals surface area contributed by atoms with Crippen molar-refractivity contribution in [2.75, 3.05) is 13.2 Å². The Bertz CT molecular complexity index is 1470. The molecule has 0 aromatic carbocycles. The summed E-state index contributed by atoms with van der Waals surface area (Å²) in [5, 5.41) is 0. The Balaban J connectivity index is 4.20. The van der Waals surface area contributed by atoms with Crippen molar-refractivity contribution in [1.82, 2.24) is 0 Å². The molecule has 0 rings (SSSR count). The van der Waals surface area contributed by atoms with Gasteiger partial charge in [0.2, 0.25) is 0 Å². The second-order valence-corrected chi connectivity index (χ2v) is 23.4. The summed E-state index contributed by atoms with van der Waals surface area (Å²) in [7, 11) is 0. The minimum atomic E-state index is -0.792. The maximum absolute atomic E-state index is 12.9. The number of rotatable bonds is 64. The third-order valence-corrected chi connectivity index (χ3v) is 15.4. The summed E-state index contributed by atoms with van der Waals surface area (Å²) in [4.78, 5) is 38.4. The smallest absolute Gasteiger partial charge is 0.306 e. The molecule has 0 aromatic rings. The van der Waals surface area contributed by atoms with E-state index in [1.165, 1.54) is 218 Å². The maximum Gasteiger partial charge on any atom is 0.306 e. The van der Waals surface area contributed by atoms with Gasteiger partial charge in [-0.3, -0.25) is 14.4 Å². The highest BCUT2D eigenvalue weighted by Gasteiger charge is 2.19. The predicted molar refractivity (Wildman–Crippen MR) is 348 cm³/mol. The largest absolute Gasteiger partial charge is 0.462 e. The molecular weight excluding hydrogens is 985 g/mol. The SMILES string of the molecule is CC/C=C\C/C=C\C/C=C\C/C=C\CCCCCCC(=O)OC(COC(=O)CCCCCCC/C=C\CCCCCCC)COC(=O)CCCCCCCCCCCCCCCCCCCCC/C=C\CCCCCCCCCC. The van der Waals surface area contributed by atoms with E-state index in [4.69, 9.17) is 14.2 Å². The fraction of sp³-hybridized carbons (Fsp3) is 0.797. The second kappa shape index (κ2) is 68.3. The van der Waals surface area contributed by atoms with E-state index in [0.29, 0.717) is 19.3 Å². The normalized spacial score (nSPS) is 12.5. The van der Waals surface area contributed by atoms with Gasteiger partial charge in [-0.2, -0.15) is 0 Å². The van der Waals surface area contributed by atoms with Crippen LogP contribution in [-0.4, -0.2) is 37.2 Å². The van der Waals surface area contributed by atoms with Crippen LogP contribution in [0.4, 0.5) is 0 Å². The first-order valence-electron chi connectivity index (χ1n) is 34.9. The Labute approximate surface area is 497 Å². The molecule has 0 heterocycles. The topological polar surface area (TPSA) is 78.9 Å². The van der Waals surface area contributed by atoms with Crippen LogP contribution in [0.2, 0.25) is 0 Å². The van der Waals surface area contributed by atoms with Crippen LogP contribution < -0.4 is 0 Å². The maximum atomic E-state index is 12.9. The highest BCUT2D eigenvalue weighted by atomic mass is 16.6. The quantitative estimate of drug-likeness (QED) is 0.0261. The summed E-state index contributed by atoms with van der Waals surface area (Å²) in [6.07, 6.45) is 89.4. The molecule has 0 spiro atoms. The molecule has 0 aliphatic carbocycles. The first kappa shape index (κ1) is 76.9. The van der Waals surface area contributed by atoms with Crippen LogP contribution in [0.3, 0.4) is 0 Å². The van der Waals surface area contributed by atoms with E-state index in [1.807, 2.05) is 0 Å². The number of hydrogen-bond donors (Lipinski definition) is 0. The molecule has 0 saturated heterocycles. The molecule has 0 aromatic heterocycles. The van der Waals surface area contributed by atoms with Crippen molar-refractivity contribution >= 4 is 17.9 Å². The predicted octanol–water partition coefficient (Wildman–Crippen LogP) is 24.1. The first-order valence-corrected chi connectivity index (χ1v) is 34.9. The highest BCUT2D eigenvalue weighted by molar-refractivity contribution is 5.71. The number of esters is 3. The molecule has 0 aliphatic rings. The Hall–Kier alpha value is -3.15. The van der Waals surface area contributed by atoms with E-state index in [2.05, 4.69) is 93.7 Å². The Morgan fingerprint density at radius 3 is 0.775 bits per heavy atom. The van der Waals surface area contributed by atoms with Gasteiger partial charge in [0.25, 0.3) is 0 Å². The Kier molecular flexibility index (Phi) is 65.7. The van der Waals surface area contributed by atoms with Gasteiger partial charge in [0, 0.05) is 19.3 Å². The second-order valence-electron chi connectivity index (χ2n) is 23.4. The average molecular weight is 1120 g/mol. The average Bonchev–Trinajstić information content (AvgIpc) is 3.46. The molecule has 80 heavy (non-hydrogen) atoms. The third kappa shape index (κ3) is 65.7. The zero-order valence-electron chi connectivity index (χ0n) is 53.3. The molecular formula is C74H132O6. The van der Waals surface area contributed by atoms with Gasteiger partial charge in [-0.05, 0) is 109 Å². The molecule has 0 saturated carbocycles. The minimum absolute atomic E-state index is 0.0852. The van der Waals surface area contributed by atoms with Gasteiger partial charge in [-0.25, -0.2) is 0 Å². The van der Waals surface area contributed by atoms with E-state index in [-0.39, 0.29) is 31.1 Å². The van der Waals surface area contributed by atoms with Crippen LogP contribution in [0.25, 0.3) is 0 Å². The zero-order valence-corrected chi connectivity index (χ0v) is 53.3. The number of carbonyl (C=O) groups excluding carboxylic acids is 3. The number of hydrogen-bond acceptors (Lipinski definition) is 6. The van der Waals surface area contributed by atoms with Crippen molar-refractivity contribution in [3.8, 4) is 0 Å². The monoisotopic (exact) mass is 1120 g/mol. The summed E-state index contributed by atoms with van der Waals surface area (Å²) >= 11 is 0. The van der Waals surface area contributed by atoms with Crippen LogP contribution in [0, 0.1) is 0 Å². The first-order chi connectivity index (χ1) is 39.5. The lowest BCUT2D eigenvalue weighted by molar-refractivity contribution is -0.167.